The first kappa shape index (κ1) is 12.4. The molecule has 2 unspecified atom stereocenters. The minimum atomic E-state index is 0.0319. The summed E-state index contributed by atoms with van der Waals surface area (Å²) in [6.45, 7) is 3.63. The van der Waals surface area contributed by atoms with Crippen LogP contribution in [0, 0.1) is 5.92 Å². The van der Waals surface area contributed by atoms with Crippen LogP contribution in [0.1, 0.15) is 31.4 Å². The summed E-state index contributed by atoms with van der Waals surface area (Å²) in [5, 5.41) is 9.36. The number of aliphatic hydroxyl groups excluding tert-OH is 1. The number of rotatable bonds is 4. The molecule has 2 rings (SSSR count). The second-order valence-electron chi connectivity index (χ2n) is 4.38. The molecule has 0 aliphatic carbocycles. The molecule has 1 aliphatic rings. The van der Waals surface area contributed by atoms with Crippen molar-refractivity contribution in [2.75, 3.05) is 19.8 Å². The van der Waals surface area contributed by atoms with Gasteiger partial charge in [-0.25, -0.2) is 0 Å². The van der Waals surface area contributed by atoms with Crippen LogP contribution in [0.25, 0.3) is 0 Å². The molecule has 1 aromatic rings. The fourth-order valence-corrected chi connectivity index (χ4v) is 2.32. The summed E-state index contributed by atoms with van der Waals surface area (Å²) in [4.78, 5) is 0. The minimum Gasteiger partial charge on any atom is -0.494 e. The molecule has 3 heteroatoms. The van der Waals surface area contributed by atoms with E-state index in [0.717, 1.165) is 30.8 Å². The molecule has 2 atom stereocenters. The van der Waals surface area contributed by atoms with E-state index in [9.17, 15) is 5.11 Å². The molecule has 0 saturated carbocycles. The Morgan fingerprint density at radius 2 is 2.12 bits per heavy atom. The summed E-state index contributed by atoms with van der Waals surface area (Å²) in [5.74, 6) is 1.11. The van der Waals surface area contributed by atoms with Gasteiger partial charge >= 0.3 is 0 Å². The van der Waals surface area contributed by atoms with Crippen molar-refractivity contribution in [3.8, 4) is 5.75 Å². The van der Waals surface area contributed by atoms with Crippen molar-refractivity contribution in [2.45, 2.75) is 25.9 Å². The molecule has 94 valence electrons. The first-order valence-electron chi connectivity index (χ1n) is 6.30. The molecule has 0 aromatic heterocycles. The van der Waals surface area contributed by atoms with Gasteiger partial charge in [-0.15, -0.1) is 0 Å². The van der Waals surface area contributed by atoms with Gasteiger partial charge in [-0.2, -0.15) is 0 Å². The van der Waals surface area contributed by atoms with E-state index < -0.39 is 0 Å². The van der Waals surface area contributed by atoms with E-state index in [0.29, 0.717) is 6.61 Å². The Morgan fingerprint density at radius 1 is 1.35 bits per heavy atom. The van der Waals surface area contributed by atoms with Crippen molar-refractivity contribution in [1.29, 1.82) is 0 Å². The molecule has 1 aliphatic heterocycles. The number of hydrogen-bond donors (Lipinski definition) is 1. The van der Waals surface area contributed by atoms with Crippen LogP contribution < -0.4 is 4.74 Å². The van der Waals surface area contributed by atoms with Crippen molar-refractivity contribution in [2.24, 2.45) is 5.92 Å². The van der Waals surface area contributed by atoms with E-state index in [-0.39, 0.29) is 18.6 Å². The molecule has 1 fully saturated rings. The van der Waals surface area contributed by atoms with Gasteiger partial charge in [0.15, 0.2) is 0 Å². The smallest absolute Gasteiger partial charge is 0.119 e. The molecule has 0 amide bonds. The van der Waals surface area contributed by atoms with Crippen LogP contribution >= 0.6 is 0 Å². The first-order valence-corrected chi connectivity index (χ1v) is 6.30. The third-order valence-corrected chi connectivity index (χ3v) is 3.20. The van der Waals surface area contributed by atoms with Gasteiger partial charge in [0.05, 0.1) is 12.7 Å². The average molecular weight is 236 g/mol. The second kappa shape index (κ2) is 6.03. The van der Waals surface area contributed by atoms with Crippen LogP contribution in [0.4, 0.5) is 0 Å². The fraction of sp³-hybridized carbons (Fsp3) is 0.571. The lowest BCUT2D eigenvalue weighted by Crippen LogP contribution is -2.25. The Balaban J connectivity index is 2.09. The highest BCUT2D eigenvalue weighted by atomic mass is 16.5. The summed E-state index contributed by atoms with van der Waals surface area (Å²) < 4.78 is 11.2. The Bertz CT molecular complexity index is 334. The lowest BCUT2D eigenvalue weighted by molar-refractivity contribution is -0.0457. The zero-order valence-electron chi connectivity index (χ0n) is 10.3. The molecule has 1 heterocycles. The topological polar surface area (TPSA) is 38.7 Å². The van der Waals surface area contributed by atoms with E-state index in [1.165, 1.54) is 0 Å². The molecule has 1 aromatic carbocycles. The first-order chi connectivity index (χ1) is 8.35. The standard InChI is InChI=1S/C14H20O3/c1-2-16-13-7-5-11(6-8-13)14-12(10-15)4-3-9-17-14/h5-8,12,14-15H,2-4,9-10H2,1H3. The van der Waals surface area contributed by atoms with Crippen LogP contribution in [0.3, 0.4) is 0 Å². The molecule has 17 heavy (non-hydrogen) atoms. The van der Waals surface area contributed by atoms with Crippen molar-refractivity contribution in [3.63, 3.8) is 0 Å². The number of hydrogen-bond acceptors (Lipinski definition) is 3. The maximum atomic E-state index is 9.36. The predicted octanol–water partition coefficient (Wildman–Crippen LogP) is 2.55. The van der Waals surface area contributed by atoms with Gasteiger partial charge in [0.25, 0.3) is 0 Å². The number of benzene rings is 1. The Kier molecular flexibility index (Phi) is 4.40. The average Bonchev–Trinajstić information content (AvgIpc) is 2.40. The third-order valence-electron chi connectivity index (χ3n) is 3.20. The van der Waals surface area contributed by atoms with E-state index in [2.05, 4.69) is 0 Å². The summed E-state index contributed by atoms with van der Waals surface area (Å²) in [6.07, 6.45) is 2.11. The van der Waals surface area contributed by atoms with Gasteiger partial charge in [-0.3, -0.25) is 0 Å². The predicted molar refractivity (Wildman–Crippen MR) is 66.1 cm³/mol. The summed E-state index contributed by atoms with van der Waals surface area (Å²) in [6, 6.07) is 7.99. The van der Waals surface area contributed by atoms with E-state index in [1.54, 1.807) is 0 Å². The quantitative estimate of drug-likeness (QED) is 0.873. The highest BCUT2D eigenvalue weighted by Crippen LogP contribution is 2.33. The normalized spacial score (nSPS) is 24.6. The molecule has 1 N–H and O–H groups in total. The number of aliphatic hydroxyl groups is 1. The van der Waals surface area contributed by atoms with Gasteiger partial charge in [-0.05, 0) is 37.5 Å². The van der Waals surface area contributed by atoms with Crippen LogP contribution in [0.5, 0.6) is 5.75 Å². The minimum absolute atomic E-state index is 0.0319. The van der Waals surface area contributed by atoms with Gasteiger partial charge in [0.2, 0.25) is 0 Å². The lowest BCUT2D eigenvalue weighted by atomic mass is 9.90. The maximum Gasteiger partial charge on any atom is 0.119 e. The van der Waals surface area contributed by atoms with E-state index in [4.69, 9.17) is 9.47 Å². The van der Waals surface area contributed by atoms with Crippen molar-refractivity contribution < 1.29 is 14.6 Å². The van der Waals surface area contributed by atoms with E-state index >= 15 is 0 Å². The SMILES string of the molecule is CCOc1ccc(C2OCCCC2CO)cc1. The van der Waals surface area contributed by atoms with Crippen LogP contribution in [0.15, 0.2) is 24.3 Å². The van der Waals surface area contributed by atoms with Crippen molar-refractivity contribution >= 4 is 0 Å². The molecular formula is C14H20O3. The molecule has 1 saturated heterocycles. The molecule has 0 spiro atoms. The van der Waals surface area contributed by atoms with E-state index in [1.807, 2.05) is 31.2 Å². The van der Waals surface area contributed by atoms with Crippen molar-refractivity contribution in [1.82, 2.24) is 0 Å². The largest absolute Gasteiger partial charge is 0.494 e. The van der Waals surface area contributed by atoms with Crippen LogP contribution in [-0.2, 0) is 4.74 Å². The monoisotopic (exact) mass is 236 g/mol. The van der Waals surface area contributed by atoms with Gasteiger partial charge in [0, 0.05) is 19.1 Å². The fourth-order valence-electron chi connectivity index (χ4n) is 2.32. The summed E-state index contributed by atoms with van der Waals surface area (Å²) >= 11 is 0. The maximum absolute atomic E-state index is 9.36. The summed E-state index contributed by atoms with van der Waals surface area (Å²) in [7, 11) is 0. The summed E-state index contributed by atoms with van der Waals surface area (Å²) in [5.41, 5.74) is 1.13. The zero-order chi connectivity index (χ0) is 12.1. The molecular weight excluding hydrogens is 216 g/mol. The Morgan fingerprint density at radius 3 is 2.76 bits per heavy atom. The highest BCUT2D eigenvalue weighted by Gasteiger charge is 2.26. The number of ether oxygens (including phenoxy) is 2. The second-order valence-corrected chi connectivity index (χ2v) is 4.38. The van der Waals surface area contributed by atoms with Crippen LogP contribution in [0.2, 0.25) is 0 Å². The van der Waals surface area contributed by atoms with Gasteiger partial charge in [0.1, 0.15) is 5.75 Å². The van der Waals surface area contributed by atoms with Gasteiger partial charge < -0.3 is 14.6 Å². The highest BCUT2D eigenvalue weighted by molar-refractivity contribution is 5.29. The third kappa shape index (κ3) is 2.99. The Hall–Kier alpha value is -1.06. The van der Waals surface area contributed by atoms with Crippen LogP contribution in [-0.4, -0.2) is 24.9 Å². The van der Waals surface area contributed by atoms with Crippen molar-refractivity contribution in [3.05, 3.63) is 29.8 Å². The molecule has 0 radical (unpaired) electrons. The molecule has 0 bridgehead atoms. The van der Waals surface area contributed by atoms with Gasteiger partial charge in [-0.1, -0.05) is 12.1 Å². The Labute approximate surface area is 102 Å². The lowest BCUT2D eigenvalue weighted by Gasteiger charge is -2.30. The zero-order valence-corrected chi connectivity index (χ0v) is 10.3. The molecule has 3 nitrogen and oxygen atoms in total.